The highest BCUT2D eigenvalue weighted by Crippen LogP contribution is 2.37. The number of ether oxygens (including phenoxy) is 2. The number of anilines is 1. The van der Waals surface area contributed by atoms with Crippen LogP contribution in [0.4, 0.5) is 5.88 Å². The highest BCUT2D eigenvalue weighted by Gasteiger charge is 2.17. The van der Waals surface area contributed by atoms with E-state index in [9.17, 15) is 0 Å². The first-order chi connectivity index (χ1) is 8.24. The zero-order chi connectivity index (χ0) is 11.8. The molecular weight excluding hydrogens is 220 g/mol. The van der Waals surface area contributed by atoms with Crippen molar-refractivity contribution < 1.29 is 14.0 Å². The Kier molecular flexibility index (Phi) is 2.18. The predicted octanol–water partition coefficient (Wildman–Crippen LogP) is 2.00. The summed E-state index contributed by atoms with van der Waals surface area (Å²) in [5.41, 5.74) is 8.13. The lowest BCUT2D eigenvalue weighted by atomic mass is 10.1. The molecular formula is C12H12N2O3. The summed E-state index contributed by atoms with van der Waals surface area (Å²) < 4.78 is 16.0. The van der Waals surface area contributed by atoms with E-state index < -0.39 is 0 Å². The minimum atomic E-state index is 0.299. The van der Waals surface area contributed by atoms with E-state index in [4.69, 9.17) is 19.7 Å². The molecule has 1 aliphatic rings. The van der Waals surface area contributed by atoms with Gasteiger partial charge in [0.25, 0.3) is 0 Å². The number of nitrogen functional groups attached to an aromatic ring is 1. The Balaban J connectivity index is 2.10. The first-order valence-electron chi connectivity index (χ1n) is 5.37. The van der Waals surface area contributed by atoms with Crippen LogP contribution in [-0.2, 0) is 0 Å². The van der Waals surface area contributed by atoms with E-state index >= 15 is 0 Å². The van der Waals surface area contributed by atoms with Gasteiger partial charge in [-0.05, 0) is 24.6 Å². The molecule has 17 heavy (non-hydrogen) atoms. The second kappa shape index (κ2) is 3.69. The Labute approximate surface area is 98.1 Å². The smallest absolute Gasteiger partial charge is 0.222 e. The molecule has 0 unspecified atom stereocenters. The van der Waals surface area contributed by atoms with E-state index in [1.807, 2.05) is 19.1 Å². The van der Waals surface area contributed by atoms with E-state index in [1.54, 1.807) is 6.07 Å². The summed E-state index contributed by atoms with van der Waals surface area (Å²) in [5, 5.41) is 3.88. The van der Waals surface area contributed by atoms with E-state index in [1.165, 1.54) is 0 Å². The number of hydrogen-bond acceptors (Lipinski definition) is 5. The molecule has 2 N–H and O–H groups in total. The fraction of sp³-hybridized carbons (Fsp3) is 0.250. The van der Waals surface area contributed by atoms with Crippen molar-refractivity contribution in [2.45, 2.75) is 6.92 Å². The molecule has 2 heterocycles. The topological polar surface area (TPSA) is 70.5 Å². The SMILES string of the molecule is Cc1cc(-c2cc(N)on2)cc2c1OCCO2. The van der Waals surface area contributed by atoms with Crippen LogP contribution in [0, 0.1) is 6.92 Å². The van der Waals surface area contributed by atoms with Crippen molar-refractivity contribution in [1.29, 1.82) is 0 Å². The van der Waals surface area contributed by atoms with Crippen LogP contribution in [0.25, 0.3) is 11.3 Å². The maximum atomic E-state index is 5.56. The van der Waals surface area contributed by atoms with Crippen LogP contribution in [0.1, 0.15) is 5.56 Å². The van der Waals surface area contributed by atoms with Gasteiger partial charge in [-0.1, -0.05) is 5.16 Å². The number of nitrogens with zero attached hydrogens (tertiary/aromatic N) is 1. The normalized spacial score (nSPS) is 13.7. The predicted molar refractivity (Wildman–Crippen MR) is 62.1 cm³/mol. The van der Waals surface area contributed by atoms with Crippen molar-refractivity contribution >= 4 is 5.88 Å². The molecule has 2 aromatic rings. The second-order valence-corrected chi connectivity index (χ2v) is 3.93. The number of fused-ring (bicyclic) bond motifs is 1. The summed E-state index contributed by atoms with van der Waals surface area (Å²) in [6, 6.07) is 5.55. The molecule has 1 aromatic heterocycles. The Morgan fingerprint density at radius 3 is 2.76 bits per heavy atom. The molecule has 0 saturated heterocycles. The molecule has 0 radical (unpaired) electrons. The highest BCUT2D eigenvalue weighted by atomic mass is 16.6. The number of hydrogen-bond donors (Lipinski definition) is 1. The summed E-state index contributed by atoms with van der Waals surface area (Å²) in [7, 11) is 0. The summed E-state index contributed by atoms with van der Waals surface area (Å²) >= 11 is 0. The summed E-state index contributed by atoms with van der Waals surface area (Å²) in [5.74, 6) is 1.84. The molecule has 1 aromatic carbocycles. The largest absolute Gasteiger partial charge is 0.486 e. The zero-order valence-electron chi connectivity index (χ0n) is 9.40. The van der Waals surface area contributed by atoms with E-state index in [2.05, 4.69) is 5.16 Å². The lowest BCUT2D eigenvalue weighted by molar-refractivity contribution is 0.170. The molecule has 5 heteroatoms. The lowest BCUT2D eigenvalue weighted by Crippen LogP contribution is -2.16. The van der Waals surface area contributed by atoms with Crippen LogP contribution in [0.3, 0.4) is 0 Å². The molecule has 0 aliphatic carbocycles. The third kappa shape index (κ3) is 1.69. The number of benzene rings is 1. The quantitative estimate of drug-likeness (QED) is 0.814. The Morgan fingerprint density at radius 1 is 1.18 bits per heavy atom. The summed E-state index contributed by atoms with van der Waals surface area (Å²) in [6.45, 7) is 3.13. The van der Waals surface area contributed by atoms with Crippen LogP contribution in [0.15, 0.2) is 22.7 Å². The summed E-state index contributed by atoms with van der Waals surface area (Å²) in [4.78, 5) is 0. The minimum Gasteiger partial charge on any atom is -0.486 e. The second-order valence-electron chi connectivity index (χ2n) is 3.93. The standard InChI is InChI=1S/C12H12N2O3/c1-7-4-8(9-6-11(13)17-14-9)5-10-12(7)16-3-2-15-10/h4-6H,2-3,13H2,1H3. The van der Waals surface area contributed by atoms with Gasteiger partial charge in [0.1, 0.15) is 18.9 Å². The van der Waals surface area contributed by atoms with Gasteiger partial charge in [-0.15, -0.1) is 0 Å². The minimum absolute atomic E-state index is 0.299. The first kappa shape index (κ1) is 10.0. The average Bonchev–Trinajstić information content (AvgIpc) is 2.76. The van der Waals surface area contributed by atoms with Gasteiger partial charge in [0.05, 0.1) is 0 Å². The number of aromatic nitrogens is 1. The van der Waals surface area contributed by atoms with Crippen molar-refractivity contribution in [3.63, 3.8) is 0 Å². The van der Waals surface area contributed by atoms with Gasteiger partial charge >= 0.3 is 0 Å². The number of aryl methyl sites for hydroxylation is 1. The highest BCUT2D eigenvalue weighted by molar-refractivity contribution is 5.67. The molecule has 5 nitrogen and oxygen atoms in total. The van der Waals surface area contributed by atoms with Crippen LogP contribution in [-0.4, -0.2) is 18.4 Å². The average molecular weight is 232 g/mol. The number of rotatable bonds is 1. The fourth-order valence-corrected chi connectivity index (χ4v) is 1.90. The molecule has 0 atom stereocenters. The van der Waals surface area contributed by atoms with Crippen LogP contribution in [0.2, 0.25) is 0 Å². The van der Waals surface area contributed by atoms with Gasteiger partial charge in [0.2, 0.25) is 5.88 Å². The lowest BCUT2D eigenvalue weighted by Gasteiger charge is -2.20. The van der Waals surface area contributed by atoms with Gasteiger partial charge < -0.3 is 19.7 Å². The maximum Gasteiger partial charge on any atom is 0.222 e. The van der Waals surface area contributed by atoms with Gasteiger partial charge in [0.15, 0.2) is 11.5 Å². The fourth-order valence-electron chi connectivity index (χ4n) is 1.90. The third-order valence-electron chi connectivity index (χ3n) is 2.65. The molecule has 0 amide bonds. The van der Waals surface area contributed by atoms with Crippen LogP contribution in [0.5, 0.6) is 11.5 Å². The maximum absolute atomic E-state index is 5.56. The van der Waals surface area contributed by atoms with Crippen molar-refractivity contribution in [3.05, 3.63) is 23.8 Å². The van der Waals surface area contributed by atoms with E-state index in [0.29, 0.717) is 24.8 Å². The van der Waals surface area contributed by atoms with Crippen molar-refractivity contribution in [1.82, 2.24) is 5.16 Å². The molecule has 0 bridgehead atoms. The van der Waals surface area contributed by atoms with Gasteiger partial charge in [0, 0.05) is 11.6 Å². The Morgan fingerprint density at radius 2 is 2.00 bits per heavy atom. The molecule has 88 valence electrons. The monoisotopic (exact) mass is 232 g/mol. The van der Waals surface area contributed by atoms with Gasteiger partial charge in [-0.3, -0.25) is 0 Å². The molecule has 0 spiro atoms. The third-order valence-corrected chi connectivity index (χ3v) is 2.65. The van der Waals surface area contributed by atoms with Gasteiger partial charge in [-0.2, -0.15) is 0 Å². The Hall–Kier alpha value is -2.17. The molecule has 0 saturated carbocycles. The zero-order valence-corrected chi connectivity index (χ0v) is 9.40. The van der Waals surface area contributed by atoms with Crippen molar-refractivity contribution in [2.75, 3.05) is 18.9 Å². The van der Waals surface area contributed by atoms with Crippen molar-refractivity contribution in [3.8, 4) is 22.8 Å². The van der Waals surface area contributed by atoms with Crippen LogP contribution >= 0.6 is 0 Å². The first-order valence-corrected chi connectivity index (χ1v) is 5.37. The summed E-state index contributed by atoms with van der Waals surface area (Å²) in [6.07, 6.45) is 0. The molecule has 0 fully saturated rings. The van der Waals surface area contributed by atoms with Gasteiger partial charge in [-0.25, -0.2) is 0 Å². The van der Waals surface area contributed by atoms with Crippen molar-refractivity contribution in [2.24, 2.45) is 0 Å². The van der Waals surface area contributed by atoms with E-state index in [0.717, 1.165) is 22.6 Å². The molecule has 3 rings (SSSR count). The molecule has 1 aliphatic heterocycles. The van der Waals surface area contributed by atoms with Crippen LogP contribution < -0.4 is 15.2 Å². The Bertz CT molecular complexity index is 563. The number of nitrogens with two attached hydrogens (primary N) is 1. The van der Waals surface area contributed by atoms with E-state index in [-0.39, 0.29) is 0 Å².